The Bertz CT molecular complexity index is 1050. The van der Waals surface area contributed by atoms with Gasteiger partial charge in [-0.1, -0.05) is 41.6 Å². The van der Waals surface area contributed by atoms with Gasteiger partial charge in [0.05, 0.1) is 5.88 Å². The number of carbonyl (C=O) groups is 2. The van der Waals surface area contributed by atoms with Crippen molar-refractivity contribution in [2.24, 2.45) is 0 Å². The van der Waals surface area contributed by atoms with E-state index in [9.17, 15) is 9.59 Å². The Morgan fingerprint density at radius 1 is 1.10 bits per heavy atom. The van der Waals surface area contributed by atoms with Crippen LogP contribution in [0.15, 0.2) is 59.1 Å². The van der Waals surface area contributed by atoms with Gasteiger partial charge in [0.2, 0.25) is 5.91 Å². The van der Waals surface area contributed by atoms with Crippen molar-refractivity contribution in [1.82, 2.24) is 10.1 Å². The van der Waals surface area contributed by atoms with Gasteiger partial charge in [-0.15, -0.1) is 11.8 Å². The maximum absolute atomic E-state index is 13.0. The van der Waals surface area contributed by atoms with E-state index in [0.29, 0.717) is 17.4 Å². The fourth-order valence-electron chi connectivity index (χ4n) is 3.17. The molecule has 2 aromatic carbocycles. The monoisotopic (exact) mass is 407 g/mol. The van der Waals surface area contributed by atoms with Crippen molar-refractivity contribution in [1.29, 1.82) is 0 Å². The van der Waals surface area contributed by atoms with Crippen LogP contribution in [-0.4, -0.2) is 39.5 Å². The summed E-state index contributed by atoms with van der Waals surface area (Å²) in [6.45, 7) is 4.03. The highest BCUT2D eigenvalue weighted by Crippen LogP contribution is 2.26. The number of nitrogens with zero attached hydrogens (tertiary/aromatic N) is 2. The number of amides is 2. The topological polar surface area (TPSA) is 75.4 Å². The fraction of sp³-hybridized carbons (Fsp3) is 0.227. The zero-order valence-electron chi connectivity index (χ0n) is 16.2. The molecule has 0 aliphatic carbocycles. The number of aryl methyl sites for hydroxylation is 2. The van der Waals surface area contributed by atoms with Crippen LogP contribution in [0.1, 0.15) is 21.6 Å². The molecule has 2 amide bonds. The molecule has 0 bridgehead atoms. The lowest BCUT2D eigenvalue weighted by molar-refractivity contribution is -0.119. The van der Waals surface area contributed by atoms with E-state index in [0.717, 1.165) is 22.4 Å². The summed E-state index contributed by atoms with van der Waals surface area (Å²) >= 11 is 1.55. The molecule has 3 aromatic rings. The lowest BCUT2D eigenvalue weighted by atomic mass is 10.1. The minimum absolute atomic E-state index is 0.196. The van der Waals surface area contributed by atoms with Crippen LogP contribution in [0.3, 0.4) is 0 Å². The summed E-state index contributed by atoms with van der Waals surface area (Å²) in [5, 5.41) is 6.86. The Morgan fingerprint density at radius 3 is 2.66 bits per heavy atom. The first-order valence-corrected chi connectivity index (χ1v) is 10.5. The predicted molar refractivity (Wildman–Crippen MR) is 114 cm³/mol. The minimum atomic E-state index is -0.550. The van der Waals surface area contributed by atoms with Crippen molar-refractivity contribution in [3.8, 4) is 11.3 Å². The van der Waals surface area contributed by atoms with E-state index in [-0.39, 0.29) is 17.5 Å². The first-order valence-electron chi connectivity index (χ1n) is 9.32. The summed E-state index contributed by atoms with van der Waals surface area (Å²) in [7, 11) is 0. The van der Waals surface area contributed by atoms with Crippen molar-refractivity contribution in [2.75, 3.05) is 16.9 Å². The highest BCUT2D eigenvalue weighted by Gasteiger charge is 2.36. The molecule has 2 heterocycles. The molecule has 1 N–H and O–H groups in total. The molecule has 148 valence electrons. The maximum Gasteiger partial charge on any atom is 0.277 e. The Kier molecular flexibility index (Phi) is 5.40. The molecule has 0 saturated carbocycles. The van der Waals surface area contributed by atoms with E-state index in [2.05, 4.69) is 10.5 Å². The van der Waals surface area contributed by atoms with Gasteiger partial charge in [-0.3, -0.25) is 9.59 Å². The van der Waals surface area contributed by atoms with Crippen molar-refractivity contribution in [2.45, 2.75) is 19.9 Å². The number of aromatic nitrogens is 1. The van der Waals surface area contributed by atoms with E-state index in [1.807, 2.05) is 62.4 Å². The molecular weight excluding hydrogens is 386 g/mol. The van der Waals surface area contributed by atoms with Gasteiger partial charge in [0.25, 0.3) is 5.91 Å². The van der Waals surface area contributed by atoms with Gasteiger partial charge in [-0.05, 0) is 37.1 Å². The summed E-state index contributed by atoms with van der Waals surface area (Å²) in [6.07, 6.45) is 0. The van der Waals surface area contributed by atoms with Crippen LogP contribution >= 0.6 is 11.8 Å². The second-order valence-electron chi connectivity index (χ2n) is 7.02. The third-order valence-electron chi connectivity index (χ3n) is 5.01. The summed E-state index contributed by atoms with van der Waals surface area (Å²) in [5.74, 6) is 1.01. The van der Waals surface area contributed by atoms with Crippen LogP contribution < -0.4 is 5.32 Å². The maximum atomic E-state index is 13.0. The van der Waals surface area contributed by atoms with E-state index in [1.54, 1.807) is 22.7 Å². The zero-order chi connectivity index (χ0) is 20.4. The van der Waals surface area contributed by atoms with Crippen LogP contribution in [-0.2, 0) is 4.79 Å². The Morgan fingerprint density at radius 2 is 1.90 bits per heavy atom. The molecular formula is C22H21N3O3S. The number of rotatable bonds is 4. The Labute approximate surface area is 173 Å². The average molecular weight is 407 g/mol. The van der Waals surface area contributed by atoms with E-state index >= 15 is 0 Å². The second-order valence-corrected chi connectivity index (χ2v) is 8.02. The van der Waals surface area contributed by atoms with Gasteiger partial charge in [-0.2, -0.15) is 0 Å². The largest absolute Gasteiger partial charge is 0.355 e. The van der Waals surface area contributed by atoms with Gasteiger partial charge in [0, 0.05) is 23.1 Å². The third kappa shape index (κ3) is 4.05. The smallest absolute Gasteiger partial charge is 0.277 e. The van der Waals surface area contributed by atoms with Crippen molar-refractivity contribution in [3.63, 3.8) is 0 Å². The summed E-state index contributed by atoms with van der Waals surface area (Å²) < 4.78 is 5.34. The summed E-state index contributed by atoms with van der Waals surface area (Å²) in [5.41, 5.74) is 4.05. The lowest BCUT2D eigenvalue weighted by Gasteiger charge is -2.22. The second kappa shape index (κ2) is 8.13. The van der Waals surface area contributed by atoms with Gasteiger partial charge in [0.1, 0.15) is 6.04 Å². The third-order valence-corrected chi connectivity index (χ3v) is 6.02. The highest BCUT2D eigenvalue weighted by atomic mass is 32.2. The highest BCUT2D eigenvalue weighted by molar-refractivity contribution is 7.99. The molecule has 1 aliphatic heterocycles. The molecule has 7 heteroatoms. The molecule has 1 saturated heterocycles. The lowest BCUT2D eigenvalue weighted by Crippen LogP contribution is -2.44. The Hall–Kier alpha value is -3.06. The van der Waals surface area contributed by atoms with Crippen molar-refractivity contribution >= 4 is 29.3 Å². The normalized spacial score (nSPS) is 16.1. The number of benzene rings is 2. The number of carbonyl (C=O) groups excluding carboxylic acids is 2. The van der Waals surface area contributed by atoms with Crippen molar-refractivity contribution < 1.29 is 14.1 Å². The number of hydrogen-bond donors (Lipinski definition) is 1. The first kappa shape index (κ1) is 19.3. The average Bonchev–Trinajstić information content (AvgIpc) is 3.41. The summed E-state index contributed by atoms with van der Waals surface area (Å²) in [6, 6.07) is 16.3. The van der Waals surface area contributed by atoms with Crippen LogP contribution in [0, 0.1) is 13.8 Å². The van der Waals surface area contributed by atoms with Gasteiger partial charge in [-0.25, -0.2) is 0 Å². The Balaban J connectivity index is 1.49. The van der Waals surface area contributed by atoms with E-state index < -0.39 is 6.04 Å². The molecule has 6 nitrogen and oxygen atoms in total. The molecule has 0 spiro atoms. The van der Waals surface area contributed by atoms with Crippen molar-refractivity contribution in [3.05, 3.63) is 71.4 Å². The zero-order valence-corrected chi connectivity index (χ0v) is 17.0. The van der Waals surface area contributed by atoms with Crippen LogP contribution in [0.5, 0.6) is 0 Å². The van der Waals surface area contributed by atoms with Gasteiger partial charge < -0.3 is 14.7 Å². The number of nitrogens with one attached hydrogen (secondary N) is 1. The SMILES string of the molecule is Cc1ccc(NC(=O)C2CSCN2C(=O)c2cc(-c3ccccc3)on2)cc1C. The molecule has 1 unspecified atom stereocenters. The van der Waals surface area contributed by atoms with Gasteiger partial charge in [0.15, 0.2) is 11.5 Å². The van der Waals surface area contributed by atoms with Crippen LogP contribution in [0.25, 0.3) is 11.3 Å². The number of thioether (sulfide) groups is 1. The molecule has 0 radical (unpaired) electrons. The molecule has 1 aromatic heterocycles. The minimum Gasteiger partial charge on any atom is -0.355 e. The standard InChI is InChI=1S/C22H21N3O3S/c1-14-8-9-17(10-15(14)2)23-21(26)19-12-29-13-25(19)22(27)18-11-20(28-24-18)16-6-4-3-5-7-16/h3-11,19H,12-13H2,1-2H3,(H,23,26). The molecule has 4 rings (SSSR count). The predicted octanol–water partition coefficient (Wildman–Crippen LogP) is 4.11. The quantitative estimate of drug-likeness (QED) is 0.704. The molecule has 1 atom stereocenters. The number of hydrogen-bond acceptors (Lipinski definition) is 5. The molecule has 29 heavy (non-hydrogen) atoms. The van der Waals surface area contributed by atoms with Crippen LogP contribution in [0.4, 0.5) is 5.69 Å². The van der Waals surface area contributed by atoms with E-state index in [4.69, 9.17) is 4.52 Å². The first-order chi connectivity index (χ1) is 14.0. The molecule has 1 fully saturated rings. The summed E-state index contributed by atoms with van der Waals surface area (Å²) in [4.78, 5) is 27.3. The number of anilines is 1. The van der Waals surface area contributed by atoms with Crippen LogP contribution in [0.2, 0.25) is 0 Å². The fourth-order valence-corrected chi connectivity index (χ4v) is 4.32. The van der Waals surface area contributed by atoms with E-state index in [1.165, 1.54) is 0 Å². The van der Waals surface area contributed by atoms with Gasteiger partial charge >= 0.3 is 0 Å². The molecule has 1 aliphatic rings.